The van der Waals surface area contributed by atoms with Crippen molar-refractivity contribution in [3.8, 4) is 0 Å². The number of benzene rings is 3. The van der Waals surface area contributed by atoms with Gasteiger partial charge in [0, 0.05) is 14.7 Å². The Morgan fingerprint density at radius 2 is 1.38 bits per heavy atom. The summed E-state index contributed by atoms with van der Waals surface area (Å²) in [4.78, 5) is 17.1. The molecule has 0 N–H and O–H groups in total. The lowest BCUT2D eigenvalue weighted by atomic mass is 10.0. The molecule has 0 unspecified atom stereocenters. The number of aryl methyl sites for hydroxylation is 1. The zero-order valence-corrected chi connectivity index (χ0v) is 15.4. The predicted octanol–water partition coefficient (Wildman–Crippen LogP) is 5.28. The van der Waals surface area contributed by atoms with E-state index in [1.807, 2.05) is 85.8 Å². The van der Waals surface area contributed by atoms with Gasteiger partial charge in [0.05, 0.1) is 11.3 Å². The summed E-state index contributed by atoms with van der Waals surface area (Å²) in [6, 6.07) is 25.4. The quantitative estimate of drug-likeness (QED) is 0.415. The zero-order valence-electron chi connectivity index (χ0n) is 13.2. The van der Waals surface area contributed by atoms with Crippen LogP contribution in [0.15, 0.2) is 83.9 Å². The highest BCUT2D eigenvalue weighted by atomic mass is 127. The van der Waals surface area contributed by atoms with Crippen LogP contribution in [-0.4, -0.2) is 11.6 Å². The third-order valence-corrected chi connectivity index (χ3v) is 4.63. The van der Waals surface area contributed by atoms with Crippen molar-refractivity contribution < 1.29 is 4.79 Å². The maximum absolute atomic E-state index is 12.7. The largest absolute Gasteiger partial charge is 0.278 e. The molecule has 0 aliphatic heterocycles. The first kappa shape index (κ1) is 16.6. The number of hydrogen-bond donors (Lipinski definition) is 0. The molecule has 3 rings (SSSR count). The number of nitrogens with zero attached hydrogens (tertiary/aromatic N) is 1. The molecule has 0 fully saturated rings. The molecule has 0 aliphatic carbocycles. The van der Waals surface area contributed by atoms with Gasteiger partial charge in [0.25, 0.3) is 5.91 Å². The molecule has 0 saturated heterocycles. The van der Waals surface area contributed by atoms with Crippen LogP contribution in [0.4, 0.5) is 0 Å². The number of halogens is 1. The topological polar surface area (TPSA) is 29.4 Å². The van der Waals surface area contributed by atoms with Gasteiger partial charge < -0.3 is 0 Å². The van der Waals surface area contributed by atoms with Crippen molar-refractivity contribution in [1.82, 2.24) is 0 Å². The fourth-order valence-corrected chi connectivity index (χ4v) is 3.02. The molecule has 1 amide bonds. The van der Waals surface area contributed by atoms with Crippen LogP contribution in [0.3, 0.4) is 0 Å². The Hall–Kier alpha value is -2.27. The van der Waals surface area contributed by atoms with Crippen LogP contribution in [0.1, 0.15) is 27.0 Å². The van der Waals surface area contributed by atoms with Crippen LogP contribution in [-0.2, 0) is 0 Å². The van der Waals surface area contributed by atoms with Gasteiger partial charge in [-0.05, 0) is 41.6 Å². The van der Waals surface area contributed by atoms with E-state index in [4.69, 9.17) is 0 Å². The van der Waals surface area contributed by atoms with Gasteiger partial charge in [0.1, 0.15) is 0 Å². The first-order valence-electron chi connectivity index (χ1n) is 7.65. The number of carbonyl (C=O) groups excluding carboxylic acids is 1. The summed E-state index contributed by atoms with van der Waals surface area (Å²) in [5.74, 6) is -0.223. The third kappa shape index (κ3) is 3.79. The van der Waals surface area contributed by atoms with Crippen LogP contribution in [0.2, 0.25) is 0 Å². The first-order chi connectivity index (χ1) is 11.6. The standard InChI is InChI=1S/C21H16INO/c1-15-11-13-17(14-12-15)20(16-7-3-2-4-8-16)23-21(24)18-9-5-6-10-19(18)22/h2-14H,1H3. The number of amides is 1. The SMILES string of the molecule is Cc1ccc(C(=NC(=O)c2ccccc2I)c2ccccc2)cc1. The molecule has 0 heterocycles. The average molecular weight is 425 g/mol. The highest BCUT2D eigenvalue weighted by Gasteiger charge is 2.13. The second kappa shape index (κ2) is 7.53. The predicted molar refractivity (Wildman–Crippen MR) is 107 cm³/mol. The summed E-state index contributed by atoms with van der Waals surface area (Å²) in [5, 5.41) is 0. The minimum Gasteiger partial charge on any atom is -0.267 e. The molecule has 0 atom stereocenters. The van der Waals surface area contributed by atoms with E-state index in [0.29, 0.717) is 11.3 Å². The van der Waals surface area contributed by atoms with E-state index in [2.05, 4.69) is 27.6 Å². The van der Waals surface area contributed by atoms with Crippen molar-refractivity contribution in [3.63, 3.8) is 0 Å². The van der Waals surface area contributed by atoms with E-state index >= 15 is 0 Å². The minimum absolute atomic E-state index is 0.223. The van der Waals surface area contributed by atoms with E-state index in [0.717, 1.165) is 14.7 Å². The first-order valence-corrected chi connectivity index (χ1v) is 8.73. The Morgan fingerprint density at radius 1 is 0.792 bits per heavy atom. The molecule has 24 heavy (non-hydrogen) atoms. The van der Waals surface area contributed by atoms with Gasteiger partial charge in [0.2, 0.25) is 0 Å². The lowest BCUT2D eigenvalue weighted by molar-refractivity contribution is 0.100. The maximum Gasteiger partial charge on any atom is 0.278 e. The third-order valence-electron chi connectivity index (χ3n) is 3.69. The molecule has 3 heteroatoms. The van der Waals surface area contributed by atoms with E-state index in [9.17, 15) is 4.79 Å². The fourth-order valence-electron chi connectivity index (χ4n) is 2.40. The molecular formula is C21H16INO. The van der Waals surface area contributed by atoms with Crippen LogP contribution < -0.4 is 0 Å². The molecule has 0 aliphatic rings. The normalized spacial score (nSPS) is 11.3. The number of aliphatic imine (C=N–C) groups is 1. The van der Waals surface area contributed by atoms with E-state index < -0.39 is 0 Å². The molecular weight excluding hydrogens is 409 g/mol. The Balaban J connectivity index is 2.09. The van der Waals surface area contributed by atoms with Crippen LogP contribution in [0, 0.1) is 10.5 Å². The monoisotopic (exact) mass is 425 g/mol. The average Bonchev–Trinajstić information content (AvgIpc) is 2.61. The number of rotatable bonds is 3. The molecule has 3 aromatic rings. The van der Waals surface area contributed by atoms with Crippen molar-refractivity contribution in [2.24, 2.45) is 4.99 Å². The molecule has 0 radical (unpaired) electrons. The van der Waals surface area contributed by atoms with Crippen molar-refractivity contribution >= 4 is 34.2 Å². The van der Waals surface area contributed by atoms with Crippen LogP contribution >= 0.6 is 22.6 Å². The highest BCUT2D eigenvalue weighted by molar-refractivity contribution is 14.1. The summed E-state index contributed by atoms with van der Waals surface area (Å²) in [7, 11) is 0. The van der Waals surface area contributed by atoms with E-state index in [1.54, 1.807) is 0 Å². The molecule has 2 nitrogen and oxygen atoms in total. The summed E-state index contributed by atoms with van der Waals surface area (Å²) >= 11 is 2.17. The number of carbonyl (C=O) groups is 1. The summed E-state index contributed by atoms with van der Waals surface area (Å²) < 4.78 is 0.903. The Morgan fingerprint density at radius 3 is 2.04 bits per heavy atom. The molecule has 0 spiro atoms. The van der Waals surface area contributed by atoms with Crippen LogP contribution in [0.5, 0.6) is 0 Å². The van der Waals surface area contributed by atoms with Gasteiger partial charge in [-0.3, -0.25) is 4.79 Å². The summed E-state index contributed by atoms with van der Waals surface area (Å²) in [6.45, 7) is 2.04. The van der Waals surface area contributed by atoms with Crippen LogP contribution in [0.25, 0.3) is 0 Å². The molecule has 0 saturated carbocycles. The molecule has 3 aromatic carbocycles. The van der Waals surface area contributed by atoms with E-state index in [1.165, 1.54) is 5.56 Å². The molecule has 0 bridgehead atoms. The Labute approximate surface area is 155 Å². The highest BCUT2D eigenvalue weighted by Crippen LogP contribution is 2.16. The van der Waals surface area contributed by atoms with Crippen molar-refractivity contribution in [3.05, 3.63) is 105 Å². The lowest BCUT2D eigenvalue weighted by Crippen LogP contribution is -2.08. The molecule has 118 valence electrons. The van der Waals surface area contributed by atoms with Gasteiger partial charge in [-0.25, -0.2) is 4.99 Å². The second-order valence-corrected chi connectivity index (χ2v) is 6.64. The van der Waals surface area contributed by atoms with Crippen molar-refractivity contribution in [2.45, 2.75) is 6.92 Å². The minimum atomic E-state index is -0.223. The smallest absolute Gasteiger partial charge is 0.267 e. The summed E-state index contributed by atoms with van der Waals surface area (Å²) in [6.07, 6.45) is 0. The van der Waals surface area contributed by atoms with Gasteiger partial charge in [-0.2, -0.15) is 0 Å². The zero-order chi connectivity index (χ0) is 16.9. The van der Waals surface area contributed by atoms with Gasteiger partial charge in [-0.1, -0.05) is 72.3 Å². The maximum atomic E-state index is 12.7. The second-order valence-electron chi connectivity index (χ2n) is 5.48. The van der Waals surface area contributed by atoms with E-state index in [-0.39, 0.29) is 5.91 Å². The van der Waals surface area contributed by atoms with Gasteiger partial charge in [-0.15, -0.1) is 0 Å². The Bertz CT molecular complexity index is 883. The summed E-state index contributed by atoms with van der Waals surface area (Å²) in [5.41, 5.74) is 4.36. The Kier molecular flexibility index (Phi) is 5.20. The van der Waals surface area contributed by atoms with Crippen molar-refractivity contribution in [2.75, 3.05) is 0 Å². The van der Waals surface area contributed by atoms with Crippen molar-refractivity contribution in [1.29, 1.82) is 0 Å². The lowest BCUT2D eigenvalue weighted by Gasteiger charge is -2.08. The van der Waals surface area contributed by atoms with Gasteiger partial charge >= 0.3 is 0 Å². The molecule has 0 aromatic heterocycles. The number of hydrogen-bond acceptors (Lipinski definition) is 1. The van der Waals surface area contributed by atoms with Gasteiger partial charge in [0.15, 0.2) is 0 Å². The fraction of sp³-hybridized carbons (Fsp3) is 0.0476.